The number of halogens is 1. The van der Waals surface area contributed by atoms with Crippen molar-refractivity contribution in [3.63, 3.8) is 0 Å². The molecule has 0 aliphatic heterocycles. The Bertz CT molecular complexity index is 634. The lowest BCUT2D eigenvalue weighted by Crippen LogP contribution is -2.46. The Hall–Kier alpha value is -1.59. The summed E-state index contributed by atoms with van der Waals surface area (Å²) in [5, 5.41) is 12.5. The van der Waals surface area contributed by atoms with E-state index in [4.69, 9.17) is 11.6 Å². The van der Waals surface area contributed by atoms with Gasteiger partial charge in [0.2, 0.25) is 0 Å². The van der Waals surface area contributed by atoms with Crippen LogP contribution in [0, 0.1) is 6.92 Å². The molecule has 6 heteroatoms. The van der Waals surface area contributed by atoms with Gasteiger partial charge in [-0.25, -0.2) is 4.98 Å². The number of imidazole rings is 1. The maximum atomic E-state index is 12.3. The van der Waals surface area contributed by atoms with Crippen LogP contribution in [0.4, 0.5) is 0 Å². The molecule has 0 bridgehead atoms. The fourth-order valence-corrected chi connectivity index (χ4v) is 1.98. The minimum atomic E-state index is -0.688. The van der Waals surface area contributed by atoms with E-state index in [0.29, 0.717) is 22.1 Å². The molecular weight excluding hydrogens is 266 g/mol. The third-order valence-electron chi connectivity index (χ3n) is 2.82. The third kappa shape index (κ3) is 2.72. The zero-order valence-corrected chi connectivity index (χ0v) is 11.8. The van der Waals surface area contributed by atoms with Crippen molar-refractivity contribution in [1.29, 1.82) is 0 Å². The number of pyridine rings is 1. The van der Waals surface area contributed by atoms with E-state index in [0.717, 1.165) is 0 Å². The first-order valence-electron chi connectivity index (χ1n) is 5.91. The predicted octanol–water partition coefficient (Wildman–Crippen LogP) is 1.80. The number of fused-ring (bicyclic) bond motifs is 1. The Morgan fingerprint density at radius 1 is 1.53 bits per heavy atom. The lowest BCUT2D eigenvalue weighted by molar-refractivity contribution is 0.0862. The average Bonchev–Trinajstić information content (AvgIpc) is 2.64. The Morgan fingerprint density at radius 2 is 2.21 bits per heavy atom. The van der Waals surface area contributed by atoms with Gasteiger partial charge >= 0.3 is 0 Å². The average molecular weight is 282 g/mol. The number of aromatic nitrogens is 2. The number of carbonyl (C=O) groups is 1. The molecule has 2 rings (SSSR count). The lowest BCUT2D eigenvalue weighted by atomic mass is 10.1. The van der Waals surface area contributed by atoms with Gasteiger partial charge in [-0.2, -0.15) is 0 Å². The van der Waals surface area contributed by atoms with Crippen molar-refractivity contribution in [3.8, 4) is 0 Å². The van der Waals surface area contributed by atoms with Crippen LogP contribution in [-0.4, -0.2) is 32.5 Å². The van der Waals surface area contributed by atoms with Crippen molar-refractivity contribution in [1.82, 2.24) is 14.7 Å². The lowest BCUT2D eigenvalue weighted by Gasteiger charge is -2.23. The summed E-state index contributed by atoms with van der Waals surface area (Å²) in [6.07, 6.45) is 1.65. The first-order valence-corrected chi connectivity index (χ1v) is 6.29. The summed E-state index contributed by atoms with van der Waals surface area (Å²) in [6.45, 7) is 5.11. The highest BCUT2D eigenvalue weighted by atomic mass is 35.5. The van der Waals surface area contributed by atoms with E-state index in [1.165, 1.54) is 0 Å². The van der Waals surface area contributed by atoms with Crippen LogP contribution in [0.25, 0.3) is 5.65 Å². The van der Waals surface area contributed by atoms with Crippen LogP contribution in [0.3, 0.4) is 0 Å². The predicted molar refractivity (Wildman–Crippen MR) is 73.6 cm³/mol. The second-order valence-electron chi connectivity index (χ2n) is 5.12. The largest absolute Gasteiger partial charge is 0.394 e. The number of carbonyl (C=O) groups excluding carboxylic acids is 1. The van der Waals surface area contributed by atoms with Crippen LogP contribution in [0.15, 0.2) is 18.3 Å². The number of nitrogens with zero attached hydrogens (tertiary/aromatic N) is 2. The first-order chi connectivity index (χ1) is 8.84. The minimum absolute atomic E-state index is 0.144. The van der Waals surface area contributed by atoms with E-state index >= 15 is 0 Å². The molecule has 1 amide bonds. The van der Waals surface area contributed by atoms with Gasteiger partial charge in [0, 0.05) is 6.20 Å². The van der Waals surface area contributed by atoms with E-state index in [1.54, 1.807) is 43.5 Å². The van der Waals surface area contributed by atoms with E-state index in [1.807, 2.05) is 0 Å². The van der Waals surface area contributed by atoms with Crippen LogP contribution in [0.2, 0.25) is 5.02 Å². The zero-order chi connectivity index (χ0) is 14.2. The number of aliphatic hydroxyl groups is 1. The maximum Gasteiger partial charge on any atom is 0.270 e. The molecule has 0 radical (unpaired) electrons. The van der Waals surface area contributed by atoms with Crippen molar-refractivity contribution < 1.29 is 9.90 Å². The number of nitrogens with one attached hydrogen (secondary N) is 1. The second-order valence-corrected chi connectivity index (χ2v) is 5.55. The van der Waals surface area contributed by atoms with Crippen LogP contribution >= 0.6 is 11.6 Å². The first kappa shape index (κ1) is 13.8. The molecule has 102 valence electrons. The van der Waals surface area contributed by atoms with Gasteiger partial charge in [-0.3, -0.25) is 9.20 Å². The van der Waals surface area contributed by atoms with Crippen molar-refractivity contribution in [2.24, 2.45) is 0 Å². The van der Waals surface area contributed by atoms with E-state index in [-0.39, 0.29) is 12.5 Å². The molecule has 2 N–H and O–H groups in total. The molecule has 0 spiro atoms. The molecule has 2 heterocycles. The Morgan fingerprint density at radius 3 is 2.84 bits per heavy atom. The maximum absolute atomic E-state index is 12.3. The smallest absolute Gasteiger partial charge is 0.270 e. The quantitative estimate of drug-likeness (QED) is 0.901. The van der Waals surface area contributed by atoms with Crippen LogP contribution < -0.4 is 5.32 Å². The summed E-state index contributed by atoms with van der Waals surface area (Å²) in [5.74, 6) is -0.286. The highest BCUT2D eigenvalue weighted by Crippen LogP contribution is 2.17. The molecule has 0 saturated heterocycles. The summed E-state index contributed by atoms with van der Waals surface area (Å²) in [7, 11) is 0. The summed E-state index contributed by atoms with van der Waals surface area (Å²) < 4.78 is 1.65. The molecular formula is C13H16ClN3O2. The molecule has 0 atom stereocenters. The van der Waals surface area contributed by atoms with Gasteiger partial charge in [0.15, 0.2) is 0 Å². The normalized spacial score (nSPS) is 11.8. The third-order valence-corrected chi connectivity index (χ3v) is 3.04. The van der Waals surface area contributed by atoms with E-state index < -0.39 is 5.54 Å². The molecule has 5 nitrogen and oxygen atoms in total. The molecule has 0 fully saturated rings. The fraction of sp³-hybridized carbons (Fsp3) is 0.385. The summed E-state index contributed by atoms with van der Waals surface area (Å²) >= 11 is 5.94. The molecule has 2 aromatic heterocycles. The minimum Gasteiger partial charge on any atom is -0.394 e. The number of amides is 1. The van der Waals surface area contributed by atoms with Gasteiger partial charge in [-0.1, -0.05) is 11.6 Å². The Balaban J connectivity index is 2.47. The molecule has 0 aliphatic rings. The van der Waals surface area contributed by atoms with Crippen molar-refractivity contribution in [2.75, 3.05) is 6.61 Å². The summed E-state index contributed by atoms with van der Waals surface area (Å²) in [6, 6.07) is 3.48. The highest BCUT2D eigenvalue weighted by molar-refractivity contribution is 6.30. The summed E-state index contributed by atoms with van der Waals surface area (Å²) in [4.78, 5) is 16.6. The van der Waals surface area contributed by atoms with Crippen molar-refractivity contribution in [3.05, 3.63) is 34.7 Å². The van der Waals surface area contributed by atoms with E-state index in [2.05, 4.69) is 10.3 Å². The van der Waals surface area contributed by atoms with E-state index in [9.17, 15) is 9.90 Å². The zero-order valence-electron chi connectivity index (χ0n) is 11.1. The summed E-state index contributed by atoms with van der Waals surface area (Å²) in [5.41, 5.74) is 1.02. The van der Waals surface area contributed by atoms with Gasteiger partial charge in [0.05, 0.1) is 22.9 Å². The number of rotatable bonds is 3. The van der Waals surface area contributed by atoms with Gasteiger partial charge in [-0.05, 0) is 32.9 Å². The number of hydrogen-bond acceptors (Lipinski definition) is 3. The van der Waals surface area contributed by atoms with Gasteiger partial charge in [0.25, 0.3) is 5.91 Å². The monoisotopic (exact) mass is 281 g/mol. The second kappa shape index (κ2) is 4.83. The SMILES string of the molecule is Cc1nc2ccc(Cl)cn2c1C(=O)NC(C)(C)CO. The van der Waals surface area contributed by atoms with Crippen LogP contribution in [0.5, 0.6) is 0 Å². The van der Waals surface area contributed by atoms with Gasteiger partial charge in [-0.15, -0.1) is 0 Å². The van der Waals surface area contributed by atoms with Crippen molar-refractivity contribution >= 4 is 23.2 Å². The number of hydrogen-bond donors (Lipinski definition) is 2. The highest BCUT2D eigenvalue weighted by Gasteiger charge is 2.24. The van der Waals surface area contributed by atoms with Crippen molar-refractivity contribution in [2.45, 2.75) is 26.3 Å². The van der Waals surface area contributed by atoms with Gasteiger partial charge in [0.1, 0.15) is 11.3 Å². The fourth-order valence-electron chi connectivity index (χ4n) is 1.82. The molecule has 19 heavy (non-hydrogen) atoms. The Kier molecular flexibility index (Phi) is 3.52. The number of aryl methyl sites for hydroxylation is 1. The Labute approximate surface area is 116 Å². The molecule has 0 saturated carbocycles. The topological polar surface area (TPSA) is 66.6 Å². The molecule has 0 aromatic carbocycles. The van der Waals surface area contributed by atoms with Crippen LogP contribution in [-0.2, 0) is 0 Å². The molecule has 2 aromatic rings. The standard InChI is InChI=1S/C13H16ClN3O2/c1-8-11(12(19)16-13(2,3)7-18)17-6-9(14)4-5-10(17)15-8/h4-6,18H,7H2,1-3H3,(H,16,19). The molecule has 0 aliphatic carbocycles. The number of aliphatic hydroxyl groups excluding tert-OH is 1. The molecule has 0 unspecified atom stereocenters. The van der Waals surface area contributed by atoms with Gasteiger partial charge < -0.3 is 10.4 Å². The van der Waals surface area contributed by atoms with Crippen LogP contribution in [0.1, 0.15) is 30.0 Å².